The first kappa shape index (κ1) is 17.5. The number of amides is 2. The minimum atomic E-state index is -0.211. The van der Waals surface area contributed by atoms with Crippen LogP contribution >= 0.6 is 0 Å². The van der Waals surface area contributed by atoms with E-state index < -0.39 is 0 Å². The molecule has 5 heteroatoms. The van der Waals surface area contributed by atoms with Crippen molar-refractivity contribution in [3.05, 3.63) is 48.3 Å². The Morgan fingerprint density at radius 2 is 1.87 bits per heavy atom. The molecule has 0 aromatic heterocycles. The molecule has 0 radical (unpaired) electrons. The van der Waals surface area contributed by atoms with Crippen molar-refractivity contribution >= 4 is 6.03 Å². The van der Waals surface area contributed by atoms with Gasteiger partial charge in [-0.25, -0.2) is 9.18 Å². The fourth-order valence-electron chi connectivity index (χ4n) is 3.03. The average molecular weight is 319 g/mol. The van der Waals surface area contributed by atoms with Gasteiger partial charge in [-0.3, -0.25) is 4.90 Å². The lowest BCUT2D eigenvalue weighted by Crippen LogP contribution is -2.52. The second-order valence-electron chi connectivity index (χ2n) is 6.13. The van der Waals surface area contributed by atoms with Gasteiger partial charge in [0.1, 0.15) is 5.82 Å². The maximum Gasteiger partial charge on any atom is 0.319 e. The molecule has 1 heterocycles. The molecule has 1 saturated heterocycles. The molecule has 2 rings (SSSR count). The van der Waals surface area contributed by atoms with Crippen molar-refractivity contribution in [3.63, 3.8) is 0 Å². The monoisotopic (exact) mass is 319 g/mol. The normalized spacial score (nSPS) is 16.9. The Labute approximate surface area is 138 Å². The van der Waals surface area contributed by atoms with Gasteiger partial charge < -0.3 is 9.80 Å². The predicted octanol–water partition coefficient (Wildman–Crippen LogP) is 3.13. The maximum atomic E-state index is 13.2. The van der Waals surface area contributed by atoms with Crippen LogP contribution < -0.4 is 0 Å². The van der Waals surface area contributed by atoms with E-state index in [0.29, 0.717) is 0 Å². The summed E-state index contributed by atoms with van der Waals surface area (Å²) < 4.78 is 13.2. The lowest BCUT2D eigenvalue weighted by molar-refractivity contribution is 0.0943. The molecule has 0 N–H and O–H groups in total. The zero-order chi connectivity index (χ0) is 16.8. The Balaban J connectivity index is 2.04. The predicted molar refractivity (Wildman–Crippen MR) is 90.8 cm³/mol. The van der Waals surface area contributed by atoms with Crippen molar-refractivity contribution in [3.8, 4) is 0 Å². The van der Waals surface area contributed by atoms with Gasteiger partial charge >= 0.3 is 6.03 Å². The van der Waals surface area contributed by atoms with Gasteiger partial charge in [-0.2, -0.15) is 0 Å². The summed E-state index contributed by atoms with van der Waals surface area (Å²) in [4.78, 5) is 17.9. The Morgan fingerprint density at radius 3 is 2.39 bits per heavy atom. The van der Waals surface area contributed by atoms with Crippen molar-refractivity contribution in [2.45, 2.75) is 18.9 Å². The van der Waals surface area contributed by atoms with Crippen molar-refractivity contribution in [2.24, 2.45) is 0 Å². The average Bonchev–Trinajstić information content (AvgIpc) is 2.56. The summed E-state index contributed by atoms with van der Waals surface area (Å²) in [5, 5.41) is 0. The van der Waals surface area contributed by atoms with E-state index >= 15 is 0 Å². The molecular weight excluding hydrogens is 293 g/mol. The first-order valence-electron chi connectivity index (χ1n) is 8.09. The van der Waals surface area contributed by atoms with Crippen molar-refractivity contribution < 1.29 is 9.18 Å². The molecule has 1 aliphatic rings. The van der Waals surface area contributed by atoms with Gasteiger partial charge in [0.15, 0.2) is 0 Å². The van der Waals surface area contributed by atoms with Crippen LogP contribution in [0.2, 0.25) is 0 Å². The van der Waals surface area contributed by atoms with E-state index in [4.69, 9.17) is 0 Å². The third-order valence-electron chi connectivity index (χ3n) is 4.31. The van der Waals surface area contributed by atoms with E-state index in [1.807, 2.05) is 23.1 Å². The Hall–Kier alpha value is -1.88. The molecule has 0 aliphatic carbocycles. The number of nitrogens with zero attached hydrogens (tertiary/aromatic N) is 3. The zero-order valence-corrected chi connectivity index (χ0v) is 14.0. The SMILES string of the molecule is C=CCCC(c1ccc(F)cc1)N1CCN(C(=O)N(C)C)CC1. The van der Waals surface area contributed by atoms with Crippen LogP contribution in [0.15, 0.2) is 36.9 Å². The first-order valence-corrected chi connectivity index (χ1v) is 8.09. The Morgan fingerprint density at radius 1 is 1.26 bits per heavy atom. The second kappa shape index (κ2) is 8.11. The molecule has 1 aliphatic heterocycles. The van der Waals surface area contributed by atoms with Gasteiger partial charge in [0.05, 0.1) is 0 Å². The Kier molecular flexibility index (Phi) is 6.16. The minimum absolute atomic E-state index is 0.0640. The molecule has 2 amide bonds. The van der Waals surface area contributed by atoms with Crippen LogP contribution in [-0.4, -0.2) is 61.0 Å². The van der Waals surface area contributed by atoms with Crippen LogP contribution in [0.3, 0.4) is 0 Å². The van der Waals surface area contributed by atoms with E-state index in [0.717, 1.165) is 44.6 Å². The Bertz CT molecular complexity index is 522. The van der Waals surface area contributed by atoms with Crippen molar-refractivity contribution in [1.82, 2.24) is 14.7 Å². The molecule has 1 unspecified atom stereocenters. The quantitative estimate of drug-likeness (QED) is 0.780. The fourth-order valence-corrected chi connectivity index (χ4v) is 3.03. The number of rotatable bonds is 5. The fraction of sp³-hybridized carbons (Fsp3) is 0.500. The van der Waals surface area contributed by atoms with Gasteiger partial charge in [0.2, 0.25) is 0 Å². The second-order valence-corrected chi connectivity index (χ2v) is 6.13. The number of benzene rings is 1. The summed E-state index contributed by atoms with van der Waals surface area (Å²) >= 11 is 0. The highest BCUT2D eigenvalue weighted by Gasteiger charge is 2.27. The summed E-state index contributed by atoms with van der Waals surface area (Å²) in [5.41, 5.74) is 1.13. The standard InChI is InChI=1S/C18H26FN3O/c1-4-5-6-17(15-7-9-16(19)10-8-15)21-11-13-22(14-12-21)18(23)20(2)3/h4,7-10,17H,1,5-6,11-14H2,2-3H3. The first-order chi connectivity index (χ1) is 11.0. The highest BCUT2D eigenvalue weighted by molar-refractivity contribution is 5.73. The van der Waals surface area contributed by atoms with Gasteiger partial charge in [-0.05, 0) is 30.5 Å². The number of hydrogen-bond acceptors (Lipinski definition) is 2. The number of carbonyl (C=O) groups is 1. The molecule has 0 spiro atoms. The molecule has 1 atom stereocenters. The molecular formula is C18H26FN3O. The lowest BCUT2D eigenvalue weighted by Gasteiger charge is -2.40. The summed E-state index contributed by atoms with van der Waals surface area (Å²) in [5.74, 6) is -0.211. The molecule has 1 aromatic rings. The van der Waals surface area contributed by atoms with Crippen LogP contribution in [0.25, 0.3) is 0 Å². The summed E-state index contributed by atoms with van der Waals surface area (Å²) in [7, 11) is 3.56. The van der Waals surface area contributed by atoms with E-state index in [-0.39, 0.29) is 17.9 Å². The molecule has 0 saturated carbocycles. The minimum Gasteiger partial charge on any atom is -0.331 e. The van der Waals surface area contributed by atoms with Gasteiger partial charge in [0, 0.05) is 46.3 Å². The number of urea groups is 1. The highest BCUT2D eigenvalue weighted by Crippen LogP contribution is 2.27. The molecule has 23 heavy (non-hydrogen) atoms. The van der Waals surface area contributed by atoms with Gasteiger partial charge in [-0.15, -0.1) is 6.58 Å². The molecule has 126 valence electrons. The highest BCUT2D eigenvalue weighted by atomic mass is 19.1. The molecule has 4 nitrogen and oxygen atoms in total. The largest absolute Gasteiger partial charge is 0.331 e. The van der Waals surface area contributed by atoms with E-state index in [1.54, 1.807) is 19.0 Å². The number of hydrogen-bond donors (Lipinski definition) is 0. The van der Waals surface area contributed by atoms with Crippen LogP contribution in [0.1, 0.15) is 24.4 Å². The number of halogens is 1. The molecule has 1 fully saturated rings. The summed E-state index contributed by atoms with van der Waals surface area (Å²) in [6.07, 6.45) is 3.79. The van der Waals surface area contributed by atoms with E-state index in [1.165, 1.54) is 12.1 Å². The number of allylic oxidation sites excluding steroid dienone is 1. The van der Waals surface area contributed by atoms with Crippen LogP contribution in [0, 0.1) is 5.82 Å². The van der Waals surface area contributed by atoms with Crippen molar-refractivity contribution in [1.29, 1.82) is 0 Å². The topological polar surface area (TPSA) is 26.8 Å². The third-order valence-corrected chi connectivity index (χ3v) is 4.31. The van der Waals surface area contributed by atoms with E-state index in [9.17, 15) is 9.18 Å². The number of piperazine rings is 1. The van der Waals surface area contributed by atoms with Crippen LogP contribution in [0.5, 0.6) is 0 Å². The summed E-state index contributed by atoms with van der Waals surface area (Å²) in [6, 6.07) is 7.06. The van der Waals surface area contributed by atoms with Gasteiger partial charge in [0.25, 0.3) is 0 Å². The third kappa shape index (κ3) is 4.55. The van der Waals surface area contributed by atoms with E-state index in [2.05, 4.69) is 11.5 Å². The van der Waals surface area contributed by atoms with Crippen LogP contribution in [0.4, 0.5) is 9.18 Å². The van der Waals surface area contributed by atoms with Crippen LogP contribution in [-0.2, 0) is 0 Å². The smallest absolute Gasteiger partial charge is 0.319 e. The summed E-state index contributed by atoms with van der Waals surface area (Å²) in [6.45, 7) is 6.92. The lowest BCUT2D eigenvalue weighted by atomic mass is 9.99. The maximum absolute atomic E-state index is 13.2. The zero-order valence-electron chi connectivity index (χ0n) is 14.0. The van der Waals surface area contributed by atoms with Gasteiger partial charge in [-0.1, -0.05) is 18.2 Å². The number of carbonyl (C=O) groups excluding carboxylic acids is 1. The van der Waals surface area contributed by atoms with Crippen molar-refractivity contribution in [2.75, 3.05) is 40.3 Å². The molecule has 0 bridgehead atoms. The molecule has 1 aromatic carbocycles.